The lowest BCUT2D eigenvalue weighted by Gasteiger charge is -2.13. The van der Waals surface area contributed by atoms with Crippen molar-refractivity contribution in [3.63, 3.8) is 0 Å². The predicted molar refractivity (Wildman–Crippen MR) is 82.5 cm³/mol. The van der Waals surface area contributed by atoms with Gasteiger partial charge < -0.3 is 14.6 Å². The van der Waals surface area contributed by atoms with Crippen molar-refractivity contribution in [3.8, 4) is 0 Å². The van der Waals surface area contributed by atoms with Crippen LogP contribution in [-0.4, -0.2) is 46.4 Å². The van der Waals surface area contributed by atoms with Gasteiger partial charge in [-0.1, -0.05) is 13.0 Å². The number of aryl methyl sites for hydroxylation is 1. The molecule has 0 aromatic carbocycles. The van der Waals surface area contributed by atoms with Crippen LogP contribution in [0.5, 0.6) is 0 Å². The molecule has 1 aliphatic rings. The highest BCUT2D eigenvalue weighted by Crippen LogP contribution is 2.15. The van der Waals surface area contributed by atoms with Gasteiger partial charge in [0.15, 0.2) is 0 Å². The van der Waals surface area contributed by atoms with E-state index in [-0.39, 0.29) is 5.91 Å². The van der Waals surface area contributed by atoms with E-state index in [9.17, 15) is 4.79 Å². The van der Waals surface area contributed by atoms with Crippen LogP contribution < -0.4 is 5.32 Å². The number of imidazole rings is 1. The quantitative estimate of drug-likeness (QED) is 0.931. The second-order valence-electron chi connectivity index (χ2n) is 5.78. The molecule has 0 radical (unpaired) electrons. The predicted octanol–water partition coefficient (Wildman–Crippen LogP) is 1.71. The van der Waals surface area contributed by atoms with Crippen LogP contribution in [0.2, 0.25) is 0 Å². The normalized spacial score (nSPS) is 19.2. The van der Waals surface area contributed by atoms with Crippen molar-refractivity contribution in [2.45, 2.75) is 20.3 Å². The van der Waals surface area contributed by atoms with Crippen LogP contribution in [0.25, 0.3) is 5.65 Å². The Bertz CT molecular complexity index is 649. The standard InChI is InChI=1S/C16H22N4O/c1-3-19-8-7-13(10-19)9-17-16(21)14-11-20-12(2)5-4-6-15(20)18-14/h4-6,11,13H,3,7-10H2,1-2H3,(H,17,21)/t13-/m1/s1. The van der Waals surface area contributed by atoms with E-state index in [1.54, 1.807) is 0 Å². The average Bonchev–Trinajstić information content (AvgIpc) is 3.12. The first-order chi connectivity index (χ1) is 10.2. The zero-order valence-electron chi connectivity index (χ0n) is 12.7. The number of rotatable bonds is 4. The van der Waals surface area contributed by atoms with Crippen molar-refractivity contribution >= 4 is 11.6 Å². The lowest BCUT2D eigenvalue weighted by Crippen LogP contribution is -2.31. The summed E-state index contributed by atoms with van der Waals surface area (Å²) in [7, 11) is 0. The molecular formula is C16H22N4O. The van der Waals surface area contributed by atoms with Gasteiger partial charge in [-0.2, -0.15) is 0 Å². The third-order valence-electron chi connectivity index (χ3n) is 4.30. The third-order valence-corrected chi connectivity index (χ3v) is 4.30. The van der Waals surface area contributed by atoms with Crippen molar-refractivity contribution < 1.29 is 4.79 Å². The molecule has 3 heterocycles. The monoisotopic (exact) mass is 286 g/mol. The molecule has 1 atom stereocenters. The van der Waals surface area contributed by atoms with Crippen molar-refractivity contribution in [1.29, 1.82) is 0 Å². The Morgan fingerprint density at radius 2 is 2.33 bits per heavy atom. The van der Waals surface area contributed by atoms with Crippen LogP contribution in [0.1, 0.15) is 29.5 Å². The van der Waals surface area contributed by atoms with E-state index < -0.39 is 0 Å². The van der Waals surface area contributed by atoms with Gasteiger partial charge in [-0.25, -0.2) is 4.98 Å². The molecule has 1 saturated heterocycles. The second-order valence-corrected chi connectivity index (χ2v) is 5.78. The molecule has 21 heavy (non-hydrogen) atoms. The minimum Gasteiger partial charge on any atom is -0.350 e. The number of nitrogens with one attached hydrogen (secondary N) is 1. The topological polar surface area (TPSA) is 49.6 Å². The number of carbonyl (C=O) groups is 1. The number of carbonyl (C=O) groups excluding carboxylic acids is 1. The highest BCUT2D eigenvalue weighted by Gasteiger charge is 2.22. The summed E-state index contributed by atoms with van der Waals surface area (Å²) in [6.45, 7) is 8.25. The van der Waals surface area contributed by atoms with Gasteiger partial charge in [-0.3, -0.25) is 4.79 Å². The zero-order chi connectivity index (χ0) is 14.8. The SMILES string of the molecule is CCN1CC[C@H](CNC(=O)c2cn3c(C)cccc3n2)C1. The van der Waals surface area contributed by atoms with Gasteiger partial charge in [0.2, 0.25) is 0 Å². The number of hydrogen-bond acceptors (Lipinski definition) is 3. The highest BCUT2D eigenvalue weighted by molar-refractivity contribution is 5.92. The van der Waals surface area contributed by atoms with Gasteiger partial charge in [0, 0.05) is 25.0 Å². The fourth-order valence-electron chi connectivity index (χ4n) is 2.95. The Hall–Kier alpha value is -1.88. The Labute approximate surface area is 125 Å². The summed E-state index contributed by atoms with van der Waals surface area (Å²) in [6, 6.07) is 5.88. The average molecular weight is 286 g/mol. The molecular weight excluding hydrogens is 264 g/mol. The van der Waals surface area contributed by atoms with Crippen molar-refractivity contribution in [2.24, 2.45) is 5.92 Å². The summed E-state index contributed by atoms with van der Waals surface area (Å²) < 4.78 is 1.95. The molecule has 0 spiro atoms. The van der Waals surface area contributed by atoms with Crippen LogP contribution in [0.3, 0.4) is 0 Å². The molecule has 1 N–H and O–H groups in total. The lowest BCUT2D eigenvalue weighted by atomic mass is 10.1. The third kappa shape index (κ3) is 2.93. The summed E-state index contributed by atoms with van der Waals surface area (Å²) in [5, 5.41) is 3.02. The fraction of sp³-hybridized carbons (Fsp3) is 0.500. The molecule has 112 valence electrons. The van der Waals surface area contributed by atoms with E-state index >= 15 is 0 Å². The Morgan fingerprint density at radius 3 is 3.05 bits per heavy atom. The van der Waals surface area contributed by atoms with Gasteiger partial charge in [0.05, 0.1) is 0 Å². The van der Waals surface area contributed by atoms with E-state index in [0.717, 1.165) is 37.5 Å². The molecule has 2 aromatic rings. The molecule has 1 fully saturated rings. The number of fused-ring (bicyclic) bond motifs is 1. The van der Waals surface area contributed by atoms with E-state index in [2.05, 4.69) is 22.1 Å². The summed E-state index contributed by atoms with van der Waals surface area (Å²) in [4.78, 5) is 19.0. The largest absolute Gasteiger partial charge is 0.350 e. The maximum absolute atomic E-state index is 12.2. The summed E-state index contributed by atoms with van der Waals surface area (Å²) >= 11 is 0. The Kier molecular flexibility index (Phi) is 3.92. The molecule has 0 saturated carbocycles. The molecule has 5 nitrogen and oxygen atoms in total. The molecule has 0 unspecified atom stereocenters. The number of likely N-dealkylation sites (tertiary alicyclic amines) is 1. The molecule has 1 amide bonds. The van der Waals surface area contributed by atoms with Crippen LogP contribution in [0.4, 0.5) is 0 Å². The van der Waals surface area contributed by atoms with Gasteiger partial charge in [0.1, 0.15) is 11.3 Å². The minimum atomic E-state index is -0.0759. The highest BCUT2D eigenvalue weighted by atomic mass is 16.1. The van der Waals surface area contributed by atoms with Gasteiger partial charge in [-0.15, -0.1) is 0 Å². The summed E-state index contributed by atoms with van der Waals surface area (Å²) in [5.41, 5.74) is 2.39. The molecule has 1 aliphatic heterocycles. The van der Waals surface area contributed by atoms with Gasteiger partial charge in [0.25, 0.3) is 5.91 Å². The Balaban J connectivity index is 1.63. The van der Waals surface area contributed by atoms with E-state index in [4.69, 9.17) is 0 Å². The molecule has 0 bridgehead atoms. The zero-order valence-corrected chi connectivity index (χ0v) is 12.7. The van der Waals surface area contributed by atoms with Gasteiger partial charge >= 0.3 is 0 Å². The first-order valence-corrected chi connectivity index (χ1v) is 7.62. The second kappa shape index (κ2) is 5.85. The summed E-state index contributed by atoms with van der Waals surface area (Å²) in [5.74, 6) is 0.487. The van der Waals surface area contributed by atoms with Crippen LogP contribution in [-0.2, 0) is 0 Å². The van der Waals surface area contributed by atoms with E-state index in [0.29, 0.717) is 11.6 Å². The van der Waals surface area contributed by atoms with Crippen LogP contribution in [0, 0.1) is 12.8 Å². The molecule has 5 heteroatoms. The summed E-state index contributed by atoms with van der Waals surface area (Å²) in [6.07, 6.45) is 2.98. The number of pyridine rings is 1. The van der Waals surface area contributed by atoms with E-state index in [1.807, 2.05) is 35.7 Å². The first kappa shape index (κ1) is 14.1. The number of nitrogens with zero attached hydrogens (tertiary/aromatic N) is 3. The number of amides is 1. The first-order valence-electron chi connectivity index (χ1n) is 7.62. The van der Waals surface area contributed by atoms with Crippen molar-refractivity contribution in [2.75, 3.05) is 26.2 Å². The maximum atomic E-state index is 12.2. The molecule has 2 aromatic heterocycles. The van der Waals surface area contributed by atoms with Crippen LogP contribution >= 0.6 is 0 Å². The van der Waals surface area contributed by atoms with Gasteiger partial charge in [-0.05, 0) is 44.5 Å². The number of aromatic nitrogens is 2. The van der Waals surface area contributed by atoms with Crippen LogP contribution in [0.15, 0.2) is 24.4 Å². The number of hydrogen-bond donors (Lipinski definition) is 1. The minimum absolute atomic E-state index is 0.0759. The molecule has 3 rings (SSSR count). The molecule has 0 aliphatic carbocycles. The van der Waals surface area contributed by atoms with Crippen molar-refractivity contribution in [3.05, 3.63) is 35.8 Å². The van der Waals surface area contributed by atoms with Crippen molar-refractivity contribution in [1.82, 2.24) is 19.6 Å². The smallest absolute Gasteiger partial charge is 0.271 e. The Morgan fingerprint density at radius 1 is 1.48 bits per heavy atom. The fourth-order valence-corrected chi connectivity index (χ4v) is 2.95. The lowest BCUT2D eigenvalue weighted by molar-refractivity contribution is 0.0943. The maximum Gasteiger partial charge on any atom is 0.271 e. The van der Waals surface area contributed by atoms with E-state index in [1.165, 1.54) is 6.42 Å².